The monoisotopic (exact) mass is 993 g/mol. The number of aromatic hydroxyl groups is 1. The zero-order chi connectivity index (χ0) is 50.9. The molecule has 8 nitrogen and oxygen atoms in total. The van der Waals surface area contributed by atoms with E-state index in [0.29, 0.717) is 43.8 Å². The van der Waals surface area contributed by atoms with E-state index in [2.05, 4.69) is 95.2 Å². The molecule has 0 aliphatic carbocycles. The van der Waals surface area contributed by atoms with Gasteiger partial charge >= 0.3 is 15.2 Å². The average Bonchev–Trinajstić information content (AvgIpc) is 3.27. The highest BCUT2D eigenvalue weighted by Gasteiger charge is 2.30. The van der Waals surface area contributed by atoms with Gasteiger partial charge in [-0.15, -0.1) is 0 Å². The van der Waals surface area contributed by atoms with E-state index in [4.69, 9.17) is 22.8 Å². The summed E-state index contributed by atoms with van der Waals surface area (Å²) in [7, 11) is -6.63. The predicted octanol–water partition coefficient (Wildman–Crippen LogP) is 20.0. The number of phenols is 1. The minimum atomic E-state index is -3.32. The lowest BCUT2D eigenvalue weighted by atomic mass is 9.97. The third kappa shape index (κ3) is 29.6. The van der Waals surface area contributed by atoms with Gasteiger partial charge in [0.05, 0.1) is 38.8 Å². The van der Waals surface area contributed by atoms with Crippen molar-refractivity contribution in [2.75, 3.05) is 26.4 Å². The first kappa shape index (κ1) is 64.4. The quantitative estimate of drug-likeness (QED) is 0.0522. The Kier molecular flexibility index (Phi) is 35.1. The van der Waals surface area contributed by atoms with Gasteiger partial charge in [0.2, 0.25) is 0 Å². The van der Waals surface area contributed by atoms with E-state index in [1.165, 1.54) is 108 Å². The maximum atomic E-state index is 14.1. The Labute approximate surface area is 420 Å². The smallest absolute Gasteiger partial charge is 0.335 e. The van der Waals surface area contributed by atoms with Crippen molar-refractivity contribution in [3.05, 3.63) is 57.6 Å². The molecule has 2 rings (SSSR count). The molecule has 0 saturated carbocycles. The van der Waals surface area contributed by atoms with Crippen LogP contribution >= 0.6 is 15.2 Å². The number of rotatable bonds is 39. The molecule has 2 aromatic carbocycles. The number of hydrogen-bond donors (Lipinski definition) is 1. The lowest BCUT2D eigenvalue weighted by Crippen LogP contribution is -2.24. The lowest BCUT2D eigenvalue weighted by molar-refractivity contribution is 0.128. The molecule has 0 aromatic heterocycles. The highest BCUT2D eigenvalue weighted by molar-refractivity contribution is 7.53. The number of hydrogen-bond acceptors (Lipinski definition) is 8. The molecule has 2 aromatic rings. The van der Waals surface area contributed by atoms with Crippen LogP contribution in [-0.2, 0) is 39.5 Å². The Bertz CT molecular complexity index is 1640. The van der Waals surface area contributed by atoms with Crippen molar-refractivity contribution in [2.45, 2.75) is 274 Å². The van der Waals surface area contributed by atoms with Crippen LogP contribution in [0, 0.1) is 13.8 Å². The second-order valence-electron chi connectivity index (χ2n) is 21.1. The summed E-state index contributed by atoms with van der Waals surface area (Å²) in [4.78, 5) is 0. The molecule has 0 heterocycles. The second kappa shape index (κ2) is 37.1. The van der Waals surface area contributed by atoms with Gasteiger partial charge in [-0.2, -0.15) is 0 Å². The highest BCUT2D eigenvalue weighted by Crippen LogP contribution is 2.55. The van der Waals surface area contributed by atoms with E-state index in [-0.39, 0.29) is 23.7 Å². The van der Waals surface area contributed by atoms with E-state index in [0.717, 1.165) is 79.4 Å². The third-order valence-corrected chi connectivity index (χ3v) is 16.1. The van der Waals surface area contributed by atoms with E-state index in [1.807, 2.05) is 19.1 Å². The van der Waals surface area contributed by atoms with Crippen LogP contribution in [0.3, 0.4) is 0 Å². The van der Waals surface area contributed by atoms with Gasteiger partial charge in [0.15, 0.2) is 0 Å². The van der Waals surface area contributed by atoms with Crippen LogP contribution in [-0.4, -0.2) is 37.1 Å². The molecule has 0 bridgehead atoms. The van der Waals surface area contributed by atoms with Gasteiger partial charge in [0, 0.05) is 11.1 Å². The van der Waals surface area contributed by atoms with Crippen LogP contribution in [0.1, 0.15) is 275 Å². The maximum absolute atomic E-state index is 14.1. The van der Waals surface area contributed by atoms with Crippen molar-refractivity contribution in [3.8, 4) is 11.5 Å². The van der Waals surface area contributed by atoms with Gasteiger partial charge in [0.1, 0.15) is 17.1 Å². The number of unbranched alkanes of at least 4 members (excludes halogenated alkanes) is 20. The molecule has 68 heavy (non-hydrogen) atoms. The van der Waals surface area contributed by atoms with Gasteiger partial charge in [-0.3, -0.25) is 9.13 Å². The van der Waals surface area contributed by atoms with Crippen molar-refractivity contribution >= 4 is 15.2 Å². The zero-order valence-corrected chi connectivity index (χ0v) is 48.2. The standard InChI is InChI=1S/C31H57O4P.C27H49O4P/c1-9-11-13-15-17-19-21-33-36(32,34-22-20-18-16-14-12-10-2)25-29-24-28(26(3)4)23-27(5)30(29)35-31(6,7)8;1-6-8-10-12-14-16-18-30-32(29,31-19-17-15-13-11-9-7-2)22-26-21-25(23(3)4)20-24(5)27(26)28/h23-24,26H,9-22,25H2,1-8H3;20-21,23,28H,6-19,22H2,1-5H3. The molecule has 0 atom stereocenters. The largest absolute Gasteiger partial charge is 0.507 e. The van der Waals surface area contributed by atoms with Crippen molar-refractivity contribution < 1.29 is 37.1 Å². The number of benzene rings is 2. The van der Waals surface area contributed by atoms with E-state index in [9.17, 15) is 14.2 Å². The lowest BCUT2D eigenvalue weighted by Gasteiger charge is -2.27. The Hall–Kier alpha value is -1.66. The topological polar surface area (TPSA) is 101 Å². The summed E-state index contributed by atoms with van der Waals surface area (Å²) < 4.78 is 58.1. The Morgan fingerprint density at radius 3 is 1.07 bits per heavy atom. The van der Waals surface area contributed by atoms with Gasteiger partial charge < -0.3 is 27.9 Å². The van der Waals surface area contributed by atoms with Crippen molar-refractivity contribution in [2.24, 2.45) is 0 Å². The number of aryl methyl sites for hydroxylation is 2. The third-order valence-electron chi connectivity index (χ3n) is 12.4. The summed E-state index contributed by atoms with van der Waals surface area (Å²) in [5.74, 6) is 1.73. The Morgan fingerprint density at radius 1 is 0.456 bits per heavy atom. The first-order valence-electron chi connectivity index (χ1n) is 27.7. The number of ether oxygens (including phenoxy) is 1. The highest BCUT2D eigenvalue weighted by atomic mass is 31.2. The van der Waals surface area contributed by atoms with Gasteiger partial charge in [-0.05, 0) is 94.4 Å². The maximum Gasteiger partial charge on any atom is 0.335 e. The molecule has 0 aliphatic heterocycles. The zero-order valence-electron chi connectivity index (χ0n) is 46.4. The summed E-state index contributed by atoms with van der Waals surface area (Å²) in [6.45, 7) is 29.5. The van der Waals surface area contributed by atoms with Crippen LogP contribution in [0.25, 0.3) is 0 Å². The predicted molar refractivity (Wildman–Crippen MR) is 293 cm³/mol. The fraction of sp³-hybridized carbons (Fsp3) is 0.793. The number of phenolic OH excluding ortho intramolecular Hbond substituents is 1. The molecule has 396 valence electrons. The summed E-state index contributed by atoms with van der Waals surface area (Å²) in [6.07, 6.45) is 28.3. The molecule has 0 unspecified atom stereocenters. The van der Waals surface area contributed by atoms with E-state index < -0.39 is 15.2 Å². The molecule has 0 fully saturated rings. The summed E-state index contributed by atoms with van der Waals surface area (Å²) in [5.41, 5.74) is 5.50. The van der Waals surface area contributed by atoms with Crippen LogP contribution in [0.5, 0.6) is 11.5 Å². The fourth-order valence-electron chi connectivity index (χ4n) is 8.14. The molecule has 0 amide bonds. The first-order chi connectivity index (χ1) is 32.3. The summed E-state index contributed by atoms with van der Waals surface area (Å²) >= 11 is 0. The first-order valence-corrected chi connectivity index (χ1v) is 31.2. The van der Waals surface area contributed by atoms with Crippen molar-refractivity contribution in [3.63, 3.8) is 0 Å². The van der Waals surface area contributed by atoms with E-state index >= 15 is 0 Å². The van der Waals surface area contributed by atoms with Gasteiger partial charge in [0.25, 0.3) is 0 Å². The van der Waals surface area contributed by atoms with Crippen LogP contribution in [0.15, 0.2) is 24.3 Å². The van der Waals surface area contributed by atoms with Crippen LogP contribution in [0.2, 0.25) is 0 Å². The second-order valence-corrected chi connectivity index (χ2v) is 25.2. The fourth-order valence-corrected chi connectivity index (χ4v) is 11.6. The molecule has 10 heteroatoms. The van der Waals surface area contributed by atoms with Crippen LogP contribution in [0.4, 0.5) is 0 Å². The Balaban J connectivity index is 0.000000685. The molecule has 1 N–H and O–H groups in total. The summed E-state index contributed by atoms with van der Waals surface area (Å²) in [5, 5.41) is 10.6. The minimum absolute atomic E-state index is 0.131. The molecular weight excluding hydrogens is 887 g/mol. The van der Waals surface area contributed by atoms with Gasteiger partial charge in [-0.25, -0.2) is 0 Å². The summed E-state index contributed by atoms with van der Waals surface area (Å²) in [6, 6.07) is 8.30. The molecule has 0 spiro atoms. The van der Waals surface area contributed by atoms with Crippen LogP contribution < -0.4 is 4.74 Å². The van der Waals surface area contributed by atoms with E-state index in [1.54, 1.807) is 0 Å². The molecule has 0 aliphatic rings. The molecule has 0 radical (unpaired) electrons. The van der Waals surface area contributed by atoms with Crippen molar-refractivity contribution in [1.29, 1.82) is 0 Å². The molecular formula is C58H106O8P2. The van der Waals surface area contributed by atoms with Crippen molar-refractivity contribution in [1.82, 2.24) is 0 Å². The molecule has 0 saturated heterocycles. The SMILES string of the molecule is CCCCCCCCOP(=O)(Cc1cc(C(C)C)cc(C)c1O)OCCCCCCCC.CCCCCCCCOP(=O)(Cc1cc(C(C)C)cc(C)c1OC(C)(C)C)OCCCCCCCC. The van der Waals surface area contributed by atoms with Gasteiger partial charge in [-0.1, -0.05) is 208 Å². The average molecular weight is 993 g/mol. The normalized spacial score (nSPS) is 12.3. The minimum Gasteiger partial charge on any atom is -0.507 e. The Morgan fingerprint density at radius 2 is 0.750 bits per heavy atom.